The Bertz CT molecular complexity index is 646. The number of hydrogen-bond acceptors (Lipinski definition) is 3. The number of H-pyrrole nitrogens is 1. The van der Waals surface area contributed by atoms with Crippen LogP contribution in [0, 0.1) is 0 Å². The van der Waals surface area contributed by atoms with Crippen LogP contribution in [0.4, 0.5) is 0 Å². The number of carbonyl (C=O) groups excluding carboxylic acids is 1. The number of aromatic amines is 1. The summed E-state index contributed by atoms with van der Waals surface area (Å²) in [7, 11) is 0. The standard InChI is InChI=1S/C20H28N4O/c1-16(2)24(14-17-6-4-3-5-7-17)20(25)15-23-12-9-18(10-13-23)19-8-11-21-22-19/h3-8,11,16,18H,9-10,12-15H2,1-2H3,(H,21,22). The van der Waals surface area contributed by atoms with Crippen LogP contribution in [0.3, 0.4) is 0 Å². The Kier molecular flexibility index (Phi) is 5.87. The monoisotopic (exact) mass is 340 g/mol. The second-order valence-corrected chi connectivity index (χ2v) is 7.16. The topological polar surface area (TPSA) is 52.2 Å². The van der Waals surface area contributed by atoms with E-state index in [0.29, 0.717) is 19.0 Å². The third kappa shape index (κ3) is 4.69. The van der Waals surface area contributed by atoms with Crippen LogP contribution in [0.25, 0.3) is 0 Å². The van der Waals surface area contributed by atoms with Crippen molar-refractivity contribution in [3.05, 3.63) is 53.9 Å². The number of rotatable bonds is 6. The van der Waals surface area contributed by atoms with Gasteiger partial charge < -0.3 is 4.90 Å². The molecule has 134 valence electrons. The molecule has 1 fully saturated rings. The van der Waals surface area contributed by atoms with Gasteiger partial charge in [-0.3, -0.25) is 14.8 Å². The van der Waals surface area contributed by atoms with E-state index in [1.54, 1.807) is 0 Å². The molecule has 1 aliphatic heterocycles. The zero-order valence-electron chi connectivity index (χ0n) is 15.2. The van der Waals surface area contributed by atoms with Crippen molar-refractivity contribution in [3.63, 3.8) is 0 Å². The summed E-state index contributed by atoms with van der Waals surface area (Å²) >= 11 is 0. The number of benzene rings is 1. The summed E-state index contributed by atoms with van der Waals surface area (Å²) in [6.07, 6.45) is 3.97. The first kappa shape index (κ1) is 17.7. The quantitative estimate of drug-likeness (QED) is 0.879. The predicted octanol–water partition coefficient (Wildman–Crippen LogP) is 3.03. The maximum Gasteiger partial charge on any atom is 0.237 e. The number of piperidine rings is 1. The normalized spacial score (nSPS) is 16.3. The SMILES string of the molecule is CC(C)N(Cc1ccccc1)C(=O)CN1CCC(c2ccn[nH]2)CC1. The van der Waals surface area contributed by atoms with E-state index in [2.05, 4.69) is 47.1 Å². The molecule has 0 radical (unpaired) electrons. The number of nitrogens with zero attached hydrogens (tertiary/aromatic N) is 3. The number of aromatic nitrogens is 2. The van der Waals surface area contributed by atoms with Crippen molar-refractivity contribution in [1.29, 1.82) is 0 Å². The Morgan fingerprint density at radius 1 is 1.24 bits per heavy atom. The second kappa shape index (κ2) is 8.30. The van der Waals surface area contributed by atoms with E-state index in [4.69, 9.17) is 0 Å². The largest absolute Gasteiger partial charge is 0.335 e. The minimum atomic E-state index is 0.204. The molecule has 1 aliphatic rings. The average Bonchev–Trinajstić information content (AvgIpc) is 3.15. The zero-order valence-corrected chi connectivity index (χ0v) is 15.2. The Hall–Kier alpha value is -2.14. The molecule has 5 heteroatoms. The molecule has 0 aliphatic carbocycles. The minimum Gasteiger partial charge on any atom is -0.335 e. The summed E-state index contributed by atoms with van der Waals surface area (Å²) in [5.41, 5.74) is 2.40. The lowest BCUT2D eigenvalue weighted by molar-refractivity contribution is -0.135. The Morgan fingerprint density at radius 2 is 1.96 bits per heavy atom. The van der Waals surface area contributed by atoms with Crippen molar-refractivity contribution >= 4 is 5.91 Å². The first-order valence-electron chi connectivity index (χ1n) is 9.18. The number of nitrogens with one attached hydrogen (secondary N) is 1. The lowest BCUT2D eigenvalue weighted by Crippen LogP contribution is -2.45. The van der Waals surface area contributed by atoms with E-state index in [-0.39, 0.29) is 11.9 Å². The van der Waals surface area contributed by atoms with Gasteiger partial charge in [0.1, 0.15) is 0 Å². The molecule has 0 bridgehead atoms. The summed E-state index contributed by atoms with van der Waals surface area (Å²) in [5, 5.41) is 7.13. The molecule has 2 aromatic rings. The van der Waals surface area contributed by atoms with Gasteiger partial charge in [-0.15, -0.1) is 0 Å². The first-order chi connectivity index (χ1) is 12.1. The van der Waals surface area contributed by atoms with Crippen molar-refractivity contribution in [3.8, 4) is 0 Å². The summed E-state index contributed by atoms with van der Waals surface area (Å²) in [5.74, 6) is 0.762. The van der Waals surface area contributed by atoms with Gasteiger partial charge in [0.2, 0.25) is 5.91 Å². The highest BCUT2D eigenvalue weighted by Crippen LogP contribution is 2.26. The zero-order chi connectivity index (χ0) is 17.6. The highest BCUT2D eigenvalue weighted by molar-refractivity contribution is 5.78. The molecule has 0 spiro atoms. The van der Waals surface area contributed by atoms with Crippen molar-refractivity contribution < 1.29 is 4.79 Å². The molecule has 1 amide bonds. The summed E-state index contributed by atoms with van der Waals surface area (Å²) in [4.78, 5) is 17.1. The van der Waals surface area contributed by atoms with Crippen molar-refractivity contribution in [2.24, 2.45) is 0 Å². The fourth-order valence-corrected chi connectivity index (χ4v) is 3.52. The number of hydrogen-bond donors (Lipinski definition) is 1. The van der Waals surface area contributed by atoms with Crippen molar-refractivity contribution in [2.75, 3.05) is 19.6 Å². The van der Waals surface area contributed by atoms with E-state index < -0.39 is 0 Å². The van der Waals surface area contributed by atoms with E-state index in [0.717, 1.165) is 25.9 Å². The molecule has 1 N–H and O–H groups in total. The van der Waals surface area contributed by atoms with Crippen LogP contribution < -0.4 is 0 Å². The highest BCUT2D eigenvalue weighted by atomic mass is 16.2. The number of carbonyl (C=O) groups is 1. The van der Waals surface area contributed by atoms with Crippen LogP contribution in [0.1, 0.15) is 43.9 Å². The lowest BCUT2D eigenvalue weighted by atomic mass is 9.94. The van der Waals surface area contributed by atoms with Crippen LogP contribution in [-0.2, 0) is 11.3 Å². The fourth-order valence-electron chi connectivity index (χ4n) is 3.52. The first-order valence-corrected chi connectivity index (χ1v) is 9.18. The van der Waals surface area contributed by atoms with E-state index in [9.17, 15) is 4.79 Å². The maximum absolute atomic E-state index is 12.8. The predicted molar refractivity (Wildman–Crippen MR) is 99.1 cm³/mol. The molecule has 5 nitrogen and oxygen atoms in total. The van der Waals surface area contributed by atoms with Gasteiger partial charge in [0.25, 0.3) is 0 Å². The van der Waals surface area contributed by atoms with Gasteiger partial charge in [-0.05, 0) is 51.4 Å². The van der Waals surface area contributed by atoms with Crippen LogP contribution >= 0.6 is 0 Å². The molecule has 0 saturated carbocycles. The Morgan fingerprint density at radius 3 is 2.56 bits per heavy atom. The molecule has 2 heterocycles. The van der Waals surface area contributed by atoms with E-state index >= 15 is 0 Å². The third-order valence-corrected chi connectivity index (χ3v) is 5.05. The molecular weight excluding hydrogens is 312 g/mol. The molecule has 1 saturated heterocycles. The van der Waals surface area contributed by atoms with Gasteiger partial charge in [0.05, 0.1) is 6.54 Å². The van der Waals surface area contributed by atoms with Crippen molar-refractivity contribution in [2.45, 2.75) is 45.2 Å². The second-order valence-electron chi connectivity index (χ2n) is 7.16. The smallest absolute Gasteiger partial charge is 0.237 e. The average molecular weight is 340 g/mol. The van der Waals surface area contributed by atoms with Crippen molar-refractivity contribution in [1.82, 2.24) is 20.0 Å². The Balaban J connectivity index is 1.53. The fraction of sp³-hybridized carbons (Fsp3) is 0.500. The van der Waals surface area contributed by atoms with E-state index in [1.807, 2.05) is 29.3 Å². The Labute approximate surface area is 150 Å². The van der Waals surface area contributed by atoms with Gasteiger partial charge in [-0.2, -0.15) is 5.10 Å². The molecule has 1 aromatic carbocycles. The molecular formula is C20H28N4O. The summed E-state index contributed by atoms with van der Waals surface area (Å²) in [6, 6.07) is 12.5. The van der Waals surface area contributed by atoms with Gasteiger partial charge in [-0.25, -0.2) is 0 Å². The van der Waals surface area contributed by atoms with Crippen LogP contribution in [-0.4, -0.2) is 51.6 Å². The summed E-state index contributed by atoms with van der Waals surface area (Å²) in [6.45, 7) is 7.30. The van der Waals surface area contributed by atoms with Crippen LogP contribution in [0.5, 0.6) is 0 Å². The lowest BCUT2D eigenvalue weighted by Gasteiger charge is -2.34. The number of amides is 1. The van der Waals surface area contributed by atoms with Crippen LogP contribution in [0.15, 0.2) is 42.6 Å². The third-order valence-electron chi connectivity index (χ3n) is 5.05. The molecule has 3 rings (SSSR count). The van der Waals surface area contributed by atoms with Gasteiger partial charge in [0.15, 0.2) is 0 Å². The molecule has 1 aromatic heterocycles. The van der Waals surface area contributed by atoms with Gasteiger partial charge >= 0.3 is 0 Å². The minimum absolute atomic E-state index is 0.204. The molecule has 25 heavy (non-hydrogen) atoms. The number of likely N-dealkylation sites (tertiary alicyclic amines) is 1. The van der Waals surface area contributed by atoms with Gasteiger partial charge in [-0.1, -0.05) is 30.3 Å². The van der Waals surface area contributed by atoms with Gasteiger partial charge in [0, 0.05) is 30.4 Å². The molecule has 0 atom stereocenters. The summed E-state index contributed by atoms with van der Waals surface area (Å²) < 4.78 is 0. The maximum atomic E-state index is 12.8. The van der Waals surface area contributed by atoms with Crippen LogP contribution in [0.2, 0.25) is 0 Å². The van der Waals surface area contributed by atoms with E-state index in [1.165, 1.54) is 11.3 Å². The molecule has 0 unspecified atom stereocenters. The highest BCUT2D eigenvalue weighted by Gasteiger charge is 2.25.